The number of hydrogen-bond donors (Lipinski definition) is 0. The summed E-state index contributed by atoms with van der Waals surface area (Å²) in [6.45, 7) is 0.858. The first kappa shape index (κ1) is 9.21. The Morgan fingerprint density at radius 1 is 1.50 bits per heavy atom. The second kappa shape index (κ2) is 3.80. The van der Waals surface area contributed by atoms with Crippen LogP contribution >= 0.6 is 0 Å². The molecular weight excluding hydrogens is 180 g/mol. The molecule has 14 heavy (non-hydrogen) atoms. The van der Waals surface area contributed by atoms with E-state index in [2.05, 4.69) is 0 Å². The molecule has 0 aliphatic carbocycles. The average molecular weight is 192 g/mol. The molecule has 1 heterocycles. The summed E-state index contributed by atoms with van der Waals surface area (Å²) in [6, 6.07) is 5.71. The number of benzene rings is 1. The molecule has 1 aromatic rings. The van der Waals surface area contributed by atoms with Gasteiger partial charge in [0.05, 0.1) is 12.2 Å². The van der Waals surface area contributed by atoms with E-state index >= 15 is 0 Å². The summed E-state index contributed by atoms with van der Waals surface area (Å²) in [7, 11) is 1.67. The molecular formula is C11H12O3. The summed E-state index contributed by atoms with van der Waals surface area (Å²) < 4.78 is 10.2. The molecule has 0 aromatic heterocycles. The summed E-state index contributed by atoms with van der Waals surface area (Å²) in [5.74, 6) is 0.774. The molecule has 3 nitrogen and oxygen atoms in total. The number of Topliss-reactive ketones (excluding diaryl/α,β-unsaturated/α-hetero) is 1. The van der Waals surface area contributed by atoms with Gasteiger partial charge in [0.1, 0.15) is 5.75 Å². The van der Waals surface area contributed by atoms with Gasteiger partial charge in [-0.1, -0.05) is 6.07 Å². The third-order valence-electron chi connectivity index (χ3n) is 2.30. The van der Waals surface area contributed by atoms with Gasteiger partial charge in [0.15, 0.2) is 6.61 Å². The summed E-state index contributed by atoms with van der Waals surface area (Å²) in [5.41, 5.74) is 1.82. The van der Waals surface area contributed by atoms with E-state index in [0.717, 1.165) is 12.0 Å². The highest BCUT2D eigenvalue weighted by Gasteiger charge is 2.20. The highest BCUT2D eigenvalue weighted by Crippen LogP contribution is 2.25. The Morgan fingerprint density at radius 2 is 2.36 bits per heavy atom. The fraction of sp³-hybridized carbons (Fsp3) is 0.364. The van der Waals surface area contributed by atoms with E-state index in [-0.39, 0.29) is 12.4 Å². The highest BCUT2D eigenvalue weighted by molar-refractivity contribution is 6.02. The minimum atomic E-state index is 0.0688. The van der Waals surface area contributed by atoms with Crippen molar-refractivity contribution in [1.82, 2.24) is 0 Å². The van der Waals surface area contributed by atoms with Crippen molar-refractivity contribution in [3.8, 4) is 5.75 Å². The van der Waals surface area contributed by atoms with Crippen LogP contribution in [0.5, 0.6) is 5.75 Å². The Bertz CT molecular complexity index is 358. The van der Waals surface area contributed by atoms with Crippen LogP contribution in [0.4, 0.5) is 0 Å². The molecule has 1 aliphatic rings. The van der Waals surface area contributed by atoms with Gasteiger partial charge in [-0.2, -0.15) is 0 Å². The van der Waals surface area contributed by atoms with E-state index < -0.39 is 0 Å². The lowest BCUT2D eigenvalue weighted by Crippen LogP contribution is -2.00. The topological polar surface area (TPSA) is 35.5 Å². The van der Waals surface area contributed by atoms with Gasteiger partial charge in [-0.15, -0.1) is 0 Å². The van der Waals surface area contributed by atoms with Crippen molar-refractivity contribution in [2.75, 3.05) is 20.3 Å². The summed E-state index contributed by atoms with van der Waals surface area (Å²) in [4.78, 5) is 11.3. The molecule has 0 amide bonds. The molecule has 0 fully saturated rings. The zero-order valence-corrected chi connectivity index (χ0v) is 8.08. The van der Waals surface area contributed by atoms with Crippen LogP contribution in [-0.2, 0) is 11.2 Å². The van der Waals surface area contributed by atoms with Crippen molar-refractivity contribution in [2.24, 2.45) is 0 Å². The van der Waals surface area contributed by atoms with Crippen molar-refractivity contribution >= 4 is 5.78 Å². The van der Waals surface area contributed by atoms with Gasteiger partial charge < -0.3 is 9.47 Å². The predicted octanol–water partition coefficient (Wildman–Crippen LogP) is 1.45. The molecule has 74 valence electrons. The van der Waals surface area contributed by atoms with Crippen LogP contribution in [0.1, 0.15) is 15.9 Å². The smallest absolute Gasteiger partial charge is 0.203 e. The largest absolute Gasteiger partial charge is 0.485 e. The first-order valence-electron chi connectivity index (χ1n) is 4.59. The minimum Gasteiger partial charge on any atom is -0.485 e. The SMILES string of the molecule is COCCc1ccc2c(c1)C(=O)CO2. The van der Waals surface area contributed by atoms with Crippen molar-refractivity contribution in [1.29, 1.82) is 0 Å². The van der Waals surface area contributed by atoms with Gasteiger partial charge in [-0.05, 0) is 24.1 Å². The maximum Gasteiger partial charge on any atom is 0.203 e. The third-order valence-corrected chi connectivity index (χ3v) is 2.30. The van der Waals surface area contributed by atoms with Gasteiger partial charge in [0.25, 0.3) is 0 Å². The lowest BCUT2D eigenvalue weighted by atomic mass is 10.1. The maximum atomic E-state index is 11.3. The fourth-order valence-electron chi connectivity index (χ4n) is 1.52. The summed E-state index contributed by atoms with van der Waals surface area (Å²) in [6.07, 6.45) is 0.830. The second-order valence-corrected chi connectivity index (χ2v) is 3.29. The van der Waals surface area contributed by atoms with Crippen LogP contribution in [0.15, 0.2) is 18.2 Å². The van der Waals surface area contributed by atoms with E-state index in [1.165, 1.54) is 0 Å². The number of carbonyl (C=O) groups excluding carboxylic acids is 1. The predicted molar refractivity (Wildman–Crippen MR) is 51.8 cm³/mol. The Balaban J connectivity index is 2.21. The van der Waals surface area contributed by atoms with Crippen LogP contribution < -0.4 is 4.74 Å². The van der Waals surface area contributed by atoms with E-state index in [1.807, 2.05) is 18.2 Å². The molecule has 0 saturated heterocycles. The van der Waals surface area contributed by atoms with Gasteiger partial charge >= 0.3 is 0 Å². The Hall–Kier alpha value is -1.35. The Labute approximate surface area is 82.6 Å². The fourth-order valence-corrected chi connectivity index (χ4v) is 1.52. The van der Waals surface area contributed by atoms with Gasteiger partial charge in [-0.3, -0.25) is 4.79 Å². The molecule has 0 spiro atoms. The van der Waals surface area contributed by atoms with Crippen LogP contribution in [0.3, 0.4) is 0 Å². The van der Waals surface area contributed by atoms with Gasteiger partial charge in [0, 0.05) is 7.11 Å². The second-order valence-electron chi connectivity index (χ2n) is 3.29. The first-order chi connectivity index (χ1) is 6.81. The zero-order chi connectivity index (χ0) is 9.97. The van der Waals surface area contributed by atoms with E-state index in [0.29, 0.717) is 17.9 Å². The van der Waals surface area contributed by atoms with Crippen LogP contribution in [0, 0.1) is 0 Å². The molecule has 0 radical (unpaired) electrons. The van der Waals surface area contributed by atoms with Crippen molar-refractivity contribution in [2.45, 2.75) is 6.42 Å². The highest BCUT2D eigenvalue weighted by atomic mass is 16.5. The average Bonchev–Trinajstić information content (AvgIpc) is 2.57. The lowest BCUT2D eigenvalue weighted by Gasteiger charge is -2.02. The molecule has 2 rings (SSSR count). The van der Waals surface area contributed by atoms with Crippen molar-refractivity contribution in [3.63, 3.8) is 0 Å². The lowest BCUT2D eigenvalue weighted by molar-refractivity contribution is 0.0961. The zero-order valence-electron chi connectivity index (χ0n) is 8.08. The van der Waals surface area contributed by atoms with E-state index in [4.69, 9.17) is 9.47 Å². The van der Waals surface area contributed by atoms with E-state index in [9.17, 15) is 4.79 Å². The number of methoxy groups -OCH3 is 1. The maximum absolute atomic E-state index is 11.3. The van der Waals surface area contributed by atoms with Crippen molar-refractivity contribution in [3.05, 3.63) is 29.3 Å². The molecule has 0 bridgehead atoms. The van der Waals surface area contributed by atoms with Crippen LogP contribution in [-0.4, -0.2) is 26.1 Å². The standard InChI is InChI=1S/C11H12O3/c1-13-5-4-8-2-3-11-9(6-8)10(12)7-14-11/h2-3,6H,4-5,7H2,1H3. The van der Waals surface area contributed by atoms with Crippen LogP contribution in [0.2, 0.25) is 0 Å². The third kappa shape index (κ3) is 1.63. The molecule has 0 saturated carbocycles. The summed E-state index contributed by atoms with van der Waals surface area (Å²) in [5, 5.41) is 0. The first-order valence-corrected chi connectivity index (χ1v) is 4.59. The molecule has 3 heteroatoms. The van der Waals surface area contributed by atoms with Gasteiger partial charge in [-0.25, -0.2) is 0 Å². The molecule has 1 aliphatic heterocycles. The number of carbonyl (C=O) groups is 1. The normalized spacial score (nSPS) is 13.9. The molecule has 0 unspecified atom stereocenters. The minimum absolute atomic E-state index is 0.0688. The summed E-state index contributed by atoms with van der Waals surface area (Å²) >= 11 is 0. The number of ether oxygens (including phenoxy) is 2. The molecule has 0 N–H and O–H groups in total. The Morgan fingerprint density at radius 3 is 3.14 bits per heavy atom. The van der Waals surface area contributed by atoms with Crippen molar-refractivity contribution < 1.29 is 14.3 Å². The monoisotopic (exact) mass is 192 g/mol. The Kier molecular flexibility index (Phi) is 2.50. The van der Waals surface area contributed by atoms with E-state index in [1.54, 1.807) is 7.11 Å². The number of fused-ring (bicyclic) bond motifs is 1. The number of ketones is 1. The quantitative estimate of drug-likeness (QED) is 0.727. The molecule has 0 atom stereocenters. The molecule has 1 aromatic carbocycles. The number of rotatable bonds is 3. The van der Waals surface area contributed by atoms with Crippen LogP contribution in [0.25, 0.3) is 0 Å². The van der Waals surface area contributed by atoms with Gasteiger partial charge in [0.2, 0.25) is 5.78 Å². The number of hydrogen-bond acceptors (Lipinski definition) is 3.